The van der Waals surface area contributed by atoms with Crippen molar-refractivity contribution in [2.45, 2.75) is 32.8 Å². The molecule has 1 aromatic carbocycles. The quantitative estimate of drug-likeness (QED) is 0.731. The number of hydrogen-bond acceptors (Lipinski definition) is 2. The molecule has 0 aromatic heterocycles. The molecule has 1 atom stereocenters. The van der Waals surface area contributed by atoms with Crippen LogP contribution in [0.1, 0.15) is 38.4 Å². The van der Waals surface area contributed by atoms with Crippen molar-refractivity contribution in [3.63, 3.8) is 0 Å². The Morgan fingerprint density at radius 2 is 2.00 bits per heavy atom. The third-order valence-corrected chi connectivity index (χ3v) is 2.35. The van der Waals surface area contributed by atoms with Crippen LogP contribution in [0.4, 0.5) is 0 Å². The van der Waals surface area contributed by atoms with E-state index < -0.39 is 0 Å². The number of carbonyl (C=O) groups is 1. The van der Waals surface area contributed by atoms with Crippen molar-refractivity contribution in [1.29, 1.82) is 0 Å². The molecule has 3 heteroatoms. The Labute approximate surface area is 95.2 Å². The van der Waals surface area contributed by atoms with E-state index in [1.165, 1.54) is 6.92 Å². The molecule has 0 aliphatic heterocycles. The Kier molecular flexibility index (Phi) is 4.63. The average molecular weight is 227 g/mol. The molecular formula is C12H15ClO2. The highest BCUT2D eigenvalue weighted by Gasteiger charge is 2.13. The summed E-state index contributed by atoms with van der Waals surface area (Å²) in [5.74, 6) is -0.247. The number of hydrogen-bond donors (Lipinski definition) is 0. The molecule has 0 spiro atoms. The molecule has 2 nitrogen and oxygen atoms in total. The standard InChI is InChI=1S/C12H15ClO2/c1-3-4-12(15-9(2)14)10-5-7-11(13)8-6-10/h5-8,12H,3-4H2,1-2H3. The summed E-state index contributed by atoms with van der Waals surface area (Å²) in [4.78, 5) is 10.9. The van der Waals surface area contributed by atoms with Crippen LogP contribution in [-0.2, 0) is 9.53 Å². The third-order valence-electron chi connectivity index (χ3n) is 2.10. The van der Waals surface area contributed by atoms with Gasteiger partial charge in [-0.15, -0.1) is 0 Å². The van der Waals surface area contributed by atoms with Crippen LogP contribution in [0.5, 0.6) is 0 Å². The predicted octanol–water partition coefficient (Wildman–Crippen LogP) is 3.74. The van der Waals surface area contributed by atoms with Crippen molar-refractivity contribution in [3.8, 4) is 0 Å². The van der Waals surface area contributed by atoms with E-state index in [2.05, 4.69) is 6.92 Å². The van der Waals surface area contributed by atoms with Gasteiger partial charge in [0.25, 0.3) is 0 Å². The van der Waals surface area contributed by atoms with Gasteiger partial charge in [-0.1, -0.05) is 37.1 Å². The Morgan fingerprint density at radius 1 is 1.40 bits per heavy atom. The van der Waals surface area contributed by atoms with Crippen LogP contribution in [0.15, 0.2) is 24.3 Å². The minimum atomic E-state index is -0.247. The summed E-state index contributed by atoms with van der Waals surface area (Å²) >= 11 is 5.79. The smallest absolute Gasteiger partial charge is 0.303 e. The van der Waals surface area contributed by atoms with Crippen molar-refractivity contribution in [2.24, 2.45) is 0 Å². The van der Waals surface area contributed by atoms with Gasteiger partial charge in [0.2, 0.25) is 0 Å². The fourth-order valence-corrected chi connectivity index (χ4v) is 1.56. The number of rotatable bonds is 4. The van der Waals surface area contributed by atoms with Gasteiger partial charge in [-0.2, -0.15) is 0 Å². The first-order chi connectivity index (χ1) is 7.13. The molecule has 0 N–H and O–H groups in total. The van der Waals surface area contributed by atoms with E-state index in [0.717, 1.165) is 18.4 Å². The van der Waals surface area contributed by atoms with Crippen molar-refractivity contribution in [2.75, 3.05) is 0 Å². The maximum absolute atomic E-state index is 10.9. The summed E-state index contributed by atoms with van der Waals surface area (Å²) in [6.07, 6.45) is 1.66. The average Bonchev–Trinajstić information content (AvgIpc) is 2.17. The van der Waals surface area contributed by atoms with Crippen molar-refractivity contribution < 1.29 is 9.53 Å². The molecule has 0 heterocycles. The minimum absolute atomic E-state index is 0.148. The minimum Gasteiger partial charge on any atom is -0.458 e. The number of carbonyl (C=O) groups excluding carboxylic acids is 1. The second kappa shape index (κ2) is 5.76. The first-order valence-corrected chi connectivity index (χ1v) is 5.44. The molecule has 1 rings (SSSR count). The highest BCUT2D eigenvalue weighted by atomic mass is 35.5. The molecule has 15 heavy (non-hydrogen) atoms. The van der Waals surface area contributed by atoms with Crippen molar-refractivity contribution >= 4 is 17.6 Å². The van der Waals surface area contributed by atoms with Gasteiger partial charge in [0.05, 0.1) is 0 Å². The van der Waals surface area contributed by atoms with E-state index in [1.807, 2.05) is 24.3 Å². The Morgan fingerprint density at radius 3 is 2.47 bits per heavy atom. The third kappa shape index (κ3) is 3.92. The van der Waals surface area contributed by atoms with E-state index in [0.29, 0.717) is 5.02 Å². The molecule has 0 amide bonds. The lowest BCUT2D eigenvalue weighted by Crippen LogP contribution is -2.08. The predicted molar refractivity (Wildman–Crippen MR) is 60.9 cm³/mol. The second-order valence-corrected chi connectivity index (χ2v) is 3.87. The highest BCUT2D eigenvalue weighted by molar-refractivity contribution is 6.30. The van der Waals surface area contributed by atoms with Gasteiger partial charge >= 0.3 is 5.97 Å². The van der Waals surface area contributed by atoms with Crippen LogP contribution in [0, 0.1) is 0 Å². The molecule has 1 aromatic rings. The summed E-state index contributed by atoms with van der Waals surface area (Å²) in [5.41, 5.74) is 0.997. The van der Waals surface area contributed by atoms with Crippen molar-refractivity contribution in [1.82, 2.24) is 0 Å². The van der Waals surface area contributed by atoms with E-state index >= 15 is 0 Å². The molecule has 0 saturated heterocycles. The zero-order valence-electron chi connectivity index (χ0n) is 9.00. The summed E-state index contributed by atoms with van der Waals surface area (Å²) in [7, 11) is 0. The van der Waals surface area contributed by atoms with Gasteiger partial charge in [-0.05, 0) is 24.1 Å². The topological polar surface area (TPSA) is 26.3 Å². The van der Waals surface area contributed by atoms with E-state index in [9.17, 15) is 4.79 Å². The lowest BCUT2D eigenvalue weighted by Gasteiger charge is -2.16. The largest absolute Gasteiger partial charge is 0.458 e. The van der Waals surface area contributed by atoms with Crippen LogP contribution in [0.25, 0.3) is 0 Å². The Bertz CT molecular complexity index is 319. The molecule has 82 valence electrons. The van der Waals surface area contributed by atoms with Crippen LogP contribution in [0.2, 0.25) is 5.02 Å². The monoisotopic (exact) mass is 226 g/mol. The maximum atomic E-state index is 10.9. The fourth-order valence-electron chi connectivity index (χ4n) is 1.43. The lowest BCUT2D eigenvalue weighted by atomic mass is 10.1. The van der Waals surface area contributed by atoms with Crippen LogP contribution < -0.4 is 0 Å². The van der Waals surface area contributed by atoms with Crippen LogP contribution in [-0.4, -0.2) is 5.97 Å². The zero-order chi connectivity index (χ0) is 11.3. The lowest BCUT2D eigenvalue weighted by molar-refractivity contribution is -0.147. The molecule has 0 saturated carbocycles. The van der Waals surface area contributed by atoms with E-state index in [-0.39, 0.29) is 12.1 Å². The van der Waals surface area contributed by atoms with E-state index in [4.69, 9.17) is 16.3 Å². The number of benzene rings is 1. The van der Waals surface area contributed by atoms with Gasteiger partial charge in [0.15, 0.2) is 0 Å². The summed E-state index contributed by atoms with van der Waals surface area (Å²) in [5, 5.41) is 0.692. The summed E-state index contributed by atoms with van der Waals surface area (Å²) < 4.78 is 5.23. The zero-order valence-corrected chi connectivity index (χ0v) is 9.75. The van der Waals surface area contributed by atoms with E-state index in [1.54, 1.807) is 0 Å². The van der Waals surface area contributed by atoms with Gasteiger partial charge in [0.1, 0.15) is 6.10 Å². The Balaban J connectivity index is 2.78. The summed E-state index contributed by atoms with van der Waals surface area (Å²) in [6, 6.07) is 7.41. The molecule has 0 aliphatic carbocycles. The number of esters is 1. The first kappa shape index (κ1) is 12.1. The Hall–Kier alpha value is -1.02. The number of ether oxygens (including phenoxy) is 1. The summed E-state index contributed by atoms with van der Waals surface area (Å²) in [6.45, 7) is 3.49. The van der Waals surface area contributed by atoms with Crippen LogP contribution in [0.3, 0.4) is 0 Å². The van der Waals surface area contributed by atoms with Gasteiger partial charge in [-0.3, -0.25) is 4.79 Å². The molecule has 0 bridgehead atoms. The SMILES string of the molecule is CCCC(OC(C)=O)c1ccc(Cl)cc1. The van der Waals surface area contributed by atoms with Crippen LogP contribution >= 0.6 is 11.6 Å². The molecule has 1 unspecified atom stereocenters. The van der Waals surface area contributed by atoms with Crippen molar-refractivity contribution in [3.05, 3.63) is 34.9 Å². The second-order valence-electron chi connectivity index (χ2n) is 3.44. The molecule has 0 radical (unpaired) electrons. The molecule has 0 aliphatic rings. The van der Waals surface area contributed by atoms with Gasteiger partial charge < -0.3 is 4.74 Å². The fraction of sp³-hybridized carbons (Fsp3) is 0.417. The number of halogens is 1. The molecular weight excluding hydrogens is 212 g/mol. The first-order valence-electron chi connectivity index (χ1n) is 5.06. The molecule has 0 fully saturated rings. The highest BCUT2D eigenvalue weighted by Crippen LogP contribution is 2.24. The van der Waals surface area contributed by atoms with Gasteiger partial charge in [-0.25, -0.2) is 0 Å². The normalized spacial score (nSPS) is 12.2. The maximum Gasteiger partial charge on any atom is 0.303 e. The van der Waals surface area contributed by atoms with Gasteiger partial charge in [0, 0.05) is 11.9 Å².